The fourth-order valence-electron chi connectivity index (χ4n) is 3.33. The molecule has 2 atom stereocenters. The van der Waals surface area contributed by atoms with E-state index in [2.05, 4.69) is 4.74 Å². The van der Waals surface area contributed by atoms with Crippen molar-refractivity contribution in [1.82, 2.24) is 0 Å². The molecule has 2 unspecified atom stereocenters. The maximum atomic E-state index is 12.8. The summed E-state index contributed by atoms with van der Waals surface area (Å²) in [5.41, 5.74) is 3.82. The van der Waals surface area contributed by atoms with Gasteiger partial charge in [0.1, 0.15) is 5.75 Å². The summed E-state index contributed by atoms with van der Waals surface area (Å²) >= 11 is 0. The number of ether oxygens (including phenoxy) is 2. The zero-order chi connectivity index (χ0) is 20.5. The zero-order valence-electron chi connectivity index (χ0n) is 16.1. The van der Waals surface area contributed by atoms with Crippen LogP contribution in [0.25, 0.3) is 6.08 Å². The van der Waals surface area contributed by atoms with Crippen molar-refractivity contribution in [1.29, 1.82) is 0 Å². The van der Waals surface area contributed by atoms with Gasteiger partial charge in [0.05, 0.1) is 19.1 Å². The Kier molecular flexibility index (Phi) is 5.58. The van der Waals surface area contributed by atoms with Crippen molar-refractivity contribution < 1.29 is 26.9 Å². The fraction of sp³-hybridized carbons (Fsp3) is 0.286. The first kappa shape index (κ1) is 20.1. The SMILES string of the molecule is COC(=O)C(C)OS(=O)(=O)c1cc(OC)c(C)c(C2C=Cc3ccccc32)c1. The number of fused-ring (bicyclic) bond motifs is 1. The molecule has 0 saturated carbocycles. The second-order valence-corrected chi connectivity index (χ2v) is 8.09. The highest BCUT2D eigenvalue weighted by Crippen LogP contribution is 2.40. The summed E-state index contributed by atoms with van der Waals surface area (Å²) in [5, 5.41) is 0. The van der Waals surface area contributed by atoms with E-state index in [-0.39, 0.29) is 10.8 Å². The molecule has 0 aliphatic heterocycles. The van der Waals surface area contributed by atoms with Crippen LogP contribution in [0.15, 0.2) is 47.4 Å². The van der Waals surface area contributed by atoms with Crippen LogP contribution in [0.4, 0.5) is 0 Å². The number of benzene rings is 2. The molecule has 0 N–H and O–H groups in total. The molecule has 0 bridgehead atoms. The number of esters is 1. The van der Waals surface area contributed by atoms with Gasteiger partial charge in [-0.3, -0.25) is 4.18 Å². The Morgan fingerprint density at radius 3 is 2.50 bits per heavy atom. The number of hydrogen-bond donors (Lipinski definition) is 0. The molecule has 2 aromatic carbocycles. The molecule has 28 heavy (non-hydrogen) atoms. The number of carbonyl (C=O) groups excluding carboxylic acids is 1. The van der Waals surface area contributed by atoms with Crippen LogP contribution in [0.1, 0.15) is 35.1 Å². The van der Waals surface area contributed by atoms with Gasteiger partial charge in [-0.2, -0.15) is 8.42 Å². The summed E-state index contributed by atoms with van der Waals surface area (Å²) in [4.78, 5) is 11.5. The van der Waals surface area contributed by atoms with E-state index in [1.165, 1.54) is 27.2 Å². The van der Waals surface area contributed by atoms with Crippen LogP contribution in [0, 0.1) is 6.92 Å². The summed E-state index contributed by atoms with van der Waals surface area (Å²) in [7, 11) is -1.54. The molecular formula is C21H22O6S. The van der Waals surface area contributed by atoms with Crippen molar-refractivity contribution in [2.24, 2.45) is 0 Å². The minimum absolute atomic E-state index is 0.0708. The lowest BCUT2D eigenvalue weighted by atomic mass is 9.90. The van der Waals surface area contributed by atoms with Gasteiger partial charge in [-0.1, -0.05) is 36.4 Å². The predicted octanol–water partition coefficient (Wildman–Crippen LogP) is 3.43. The molecule has 2 aromatic rings. The average Bonchev–Trinajstić information content (AvgIpc) is 3.11. The van der Waals surface area contributed by atoms with Crippen molar-refractivity contribution in [3.05, 3.63) is 64.7 Å². The molecule has 0 saturated heterocycles. The van der Waals surface area contributed by atoms with E-state index < -0.39 is 22.2 Å². The molecule has 0 heterocycles. The Balaban J connectivity index is 2.07. The molecule has 1 aliphatic carbocycles. The summed E-state index contributed by atoms with van der Waals surface area (Å²) in [5.74, 6) is -0.433. The standard InChI is InChI=1S/C21H22O6S/c1-13-19(18-10-9-15-7-5-6-8-17(15)18)11-16(12-20(13)25-3)28(23,24)27-14(2)21(22)26-4/h5-12,14,18H,1-4H3. The minimum atomic E-state index is -4.20. The van der Waals surface area contributed by atoms with Crippen LogP contribution in [-0.4, -0.2) is 34.7 Å². The third-order valence-electron chi connectivity index (χ3n) is 4.82. The normalized spacial score (nSPS) is 16.5. The van der Waals surface area contributed by atoms with E-state index >= 15 is 0 Å². The van der Waals surface area contributed by atoms with Gasteiger partial charge in [0.15, 0.2) is 6.10 Å². The molecule has 6 nitrogen and oxygen atoms in total. The highest BCUT2D eigenvalue weighted by Gasteiger charge is 2.28. The number of allylic oxidation sites excluding steroid dienone is 1. The molecule has 0 spiro atoms. The predicted molar refractivity (Wildman–Crippen MR) is 105 cm³/mol. The second kappa shape index (κ2) is 7.77. The monoisotopic (exact) mass is 402 g/mol. The lowest BCUT2D eigenvalue weighted by Gasteiger charge is -2.19. The highest BCUT2D eigenvalue weighted by molar-refractivity contribution is 7.86. The first-order valence-electron chi connectivity index (χ1n) is 8.75. The molecule has 0 amide bonds. The molecule has 3 rings (SSSR count). The second-order valence-electron chi connectivity index (χ2n) is 6.52. The number of hydrogen-bond acceptors (Lipinski definition) is 6. The summed E-state index contributed by atoms with van der Waals surface area (Å²) in [6.07, 6.45) is 2.79. The van der Waals surface area contributed by atoms with Crippen LogP contribution in [0.2, 0.25) is 0 Å². The minimum Gasteiger partial charge on any atom is -0.496 e. The molecule has 1 aliphatic rings. The summed E-state index contributed by atoms with van der Waals surface area (Å²) < 4.78 is 40.5. The Morgan fingerprint density at radius 2 is 1.82 bits per heavy atom. The Bertz CT molecular complexity index is 1040. The Labute approximate surface area is 164 Å². The molecular weight excluding hydrogens is 380 g/mol. The van der Waals surface area contributed by atoms with Gasteiger partial charge in [-0.15, -0.1) is 0 Å². The van der Waals surface area contributed by atoms with E-state index in [1.807, 2.05) is 43.3 Å². The quantitative estimate of drug-likeness (QED) is 0.544. The maximum absolute atomic E-state index is 12.8. The van der Waals surface area contributed by atoms with Crippen molar-refractivity contribution in [2.45, 2.75) is 30.8 Å². The maximum Gasteiger partial charge on any atom is 0.336 e. The lowest BCUT2D eigenvalue weighted by molar-refractivity contribution is -0.147. The van der Waals surface area contributed by atoms with Crippen LogP contribution in [0.5, 0.6) is 5.75 Å². The van der Waals surface area contributed by atoms with Crippen LogP contribution in [-0.2, 0) is 23.8 Å². The summed E-state index contributed by atoms with van der Waals surface area (Å²) in [6, 6.07) is 10.9. The first-order valence-corrected chi connectivity index (χ1v) is 10.2. The third kappa shape index (κ3) is 3.68. The van der Waals surface area contributed by atoms with Gasteiger partial charge in [0.2, 0.25) is 0 Å². The van der Waals surface area contributed by atoms with Crippen molar-refractivity contribution in [3.63, 3.8) is 0 Å². The highest BCUT2D eigenvalue weighted by atomic mass is 32.2. The van der Waals surface area contributed by atoms with E-state index in [0.29, 0.717) is 5.75 Å². The lowest BCUT2D eigenvalue weighted by Crippen LogP contribution is -2.25. The molecule has 0 radical (unpaired) electrons. The van der Waals surface area contributed by atoms with Gasteiger partial charge in [0.25, 0.3) is 10.1 Å². The molecule has 7 heteroatoms. The van der Waals surface area contributed by atoms with Crippen LogP contribution < -0.4 is 4.74 Å². The Morgan fingerprint density at radius 1 is 1.11 bits per heavy atom. The molecule has 0 aromatic heterocycles. The molecule has 148 valence electrons. The number of methoxy groups -OCH3 is 2. The van der Waals surface area contributed by atoms with E-state index in [4.69, 9.17) is 8.92 Å². The number of carbonyl (C=O) groups is 1. The van der Waals surface area contributed by atoms with E-state index in [9.17, 15) is 13.2 Å². The smallest absolute Gasteiger partial charge is 0.336 e. The van der Waals surface area contributed by atoms with Gasteiger partial charge in [0, 0.05) is 12.0 Å². The first-order chi connectivity index (χ1) is 13.3. The van der Waals surface area contributed by atoms with E-state index in [0.717, 1.165) is 22.3 Å². The van der Waals surface area contributed by atoms with E-state index in [1.54, 1.807) is 6.07 Å². The number of rotatable bonds is 6. The van der Waals surface area contributed by atoms with Crippen LogP contribution in [0.3, 0.4) is 0 Å². The topological polar surface area (TPSA) is 78.9 Å². The Hall–Kier alpha value is -2.64. The van der Waals surface area contributed by atoms with Gasteiger partial charge < -0.3 is 9.47 Å². The van der Waals surface area contributed by atoms with Crippen molar-refractivity contribution >= 4 is 22.2 Å². The van der Waals surface area contributed by atoms with Gasteiger partial charge in [-0.05, 0) is 42.2 Å². The average molecular weight is 402 g/mol. The zero-order valence-corrected chi connectivity index (χ0v) is 16.9. The van der Waals surface area contributed by atoms with Crippen molar-refractivity contribution in [2.75, 3.05) is 14.2 Å². The fourth-order valence-corrected chi connectivity index (χ4v) is 4.43. The van der Waals surface area contributed by atoms with Crippen molar-refractivity contribution in [3.8, 4) is 5.75 Å². The largest absolute Gasteiger partial charge is 0.496 e. The van der Waals surface area contributed by atoms with Crippen LogP contribution >= 0.6 is 0 Å². The summed E-state index contributed by atoms with van der Waals surface area (Å²) in [6.45, 7) is 3.21. The van der Waals surface area contributed by atoms with Gasteiger partial charge >= 0.3 is 5.97 Å². The van der Waals surface area contributed by atoms with Gasteiger partial charge in [-0.25, -0.2) is 4.79 Å². The molecule has 0 fully saturated rings. The third-order valence-corrected chi connectivity index (χ3v) is 6.18.